The lowest BCUT2D eigenvalue weighted by Gasteiger charge is -1.98. The molecule has 0 fully saturated rings. The third kappa shape index (κ3) is 1.80. The molecule has 3 rings (SSSR count). The number of benzene rings is 2. The maximum absolute atomic E-state index is 10.7. The molecule has 0 amide bonds. The number of nitro groups is 1. The van der Waals surface area contributed by atoms with Gasteiger partial charge in [0, 0.05) is 23.0 Å². The fraction of sp³-hybridized carbons (Fsp3) is 0. The number of nitriles is 1. The van der Waals surface area contributed by atoms with Gasteiger partial charge in [-0.25, -0.2) is 0 Å². The largest absolute Gasteiger partial charge is 0.353 e. The molecule has 0 spiro atoms. The number of nitro benzene ring substituents is 1. The van der Waals surface area contributed by atoms with Crippen molar-refractivity contribution in [1.82, 2.24) is 4.98 Å². The molecule has 0 unspecified atom stereocenters. The average Bonchev–Trinajstić information content (AvgIpc) is 2.85. The highest BCUT2D eigenvalue weighted by Gasteiger charge is 2.13. The van der Waals surface area contributed by atoms with Crippen LogP contribution in [-0.4, -0.2) is 9.91 Å². The zero-order valence-electron chi connectivity index (χ0n) is 10.3. The Kier molecular flexibility index (Phi) is 2.70. The predicted molar refractivity (Wildman–Crippen MR) is 75.1 cm³/mol. The van der Waals surface area contributed by atoms with Gasteiger partial charge in [0.1, 0.15) is 6.07 Å². The van der Waals surface area contributed by atoms with Gasteiger partial charge in [-0.15, -0.1) is 0 Å². The van der Waals surface area contributed by atoms with Crippen molar-refractivity contribution in [3.8, 4) is 17.3 Å². The molecule has 3 aromatic rings. The van der Waals surface area contributed by atoms with Crippen molar-refractivity contribution < 1.29 is 4.92 Å². The molecule has 0 bridgehead atoms. The summed E-state index contributed by atoms with van der Waals surface area (Å²) in [5.74, 6) is 0. The second kappa shape index (κ2) is 4.52. The van der Waals surface area contributed by atoms with E-state index in [0.29, 0.717) is 11.3 Å². The number of rotatable bonds is 2. The van der Waals surface area contributed by atoms with E-state index in [4.69, 9.17) is 0 Å². The molecular formula is C15H9N3O2. The first-order chi connectivity index (χ1) is 9.70. The molecule has 0 saturated heterocycles. The van der Waals surface area contributed by atoms with Crippen LogP contribution in [0.3, 0.4) is 0 Å². The summed E-state index contributed by atoms with van der Waals surface area (Å²) in [6.07, 6.45) is 0. The van der Waals surface area contributed by atoms with E-state index in [2.05, 4.69) is 11.1 Å². The molecule has 0 aliphatic carbocycles. The molecule has 20 heavy (non-hydrogen) atoms. The quantitative estimate of drug-likeness (QED) is 0.566. The zero-order chi connectivity index (χ0) is 14.1. The molecule has 1 heterocycles. The van der Waals surface area contributed by atoms with Gasteiger partial charge in [0.2, 0.25) is 0 Å². The van der Waals surface area contributed by atoms with Crippen LogP contribution in [0, 0.1) is 21.4 Å². The van der Waals surface area contributed by atoms with Gasteiger partial charge in [0.05, 0.1) is 16.2 Å². The molecule has 0 saturated carbocycles. The van der Waals surface area contributed by atoms with Gasteiger partial charge in [-0.3, -0.25) is 10.1 Å². The Hall–Kier alpha value is -3.13. The van der Waals surface area contributed by atoms with Crippen LogP contribution in [0.1, 0.15) is 5.56 Å². The summed E-state index contributed by atoms with van der Waals surface area (Å²) in [4.78, 5) is 13.4. The highest BCUT2D eigenvalue weighted by molar-refractivity contribution is 5.93. The third-order valence-electron chi connectivity index (χ3n) is 3.18. The smallest absolute Gasteiger partial charge is 0.269 e. The Balaban J connectivity index is 2.19. The molecule has 0 radical (unpaired) electrons. The Labute approximate surface area is 114 Å². The van der Waals surface area contributed by atoms with Gasteiger partial charge >= 0.3 is 0 Å². The van der Waals surface area contributed by atoms with Crippen LogP contribution in [-0.2, 0) is 0 Å². The zero-order valence-corrected chi connectivity index (χ0v) is 10.3. The van der Waals surface area contributed by atoms with Crippen LogP contribution in [0.5, 0.6) is 0 Å². The van der Waals surface area contributed by atoms with E-state index in [9.17, 15) is 15.4 Å². The molecule has 5 heteroatoms. The first-order valence-electron chi connectivity index (χ1n) is 5.96. The first-order valence-corrected chi connectivity index (χ1v) is 5.96. The number of nitrogens with zero attached hydrogens (tertiary/aromatic N) is 2. The number of H-pyrrole nitrogens is 1. The van der Waals surface area contributed by atoms with Gasteiger partial charge in [-0.1, -0.05) is 18.2 Å². The van der Waals surface area contributed by atoms with E-state index >= 15 is 0 Å². The Bertz CT molecular complexity index is 842. The highest BCUT2D eigenvalue weighted by Crippen LogP contribution is 2.30. The minimum atomic E-state index is -0.444. The lowest BCUT2D eigenvalue weighted by Crippen LogP contribution is -1.88. The number of hydrogen-bond acceptors (Lipinski definition) is 3. The molecule has 0 atom stereocenters. The van der Waals surface area contributed by atoms with Gasteiger partial charge < -0.3 is 4.98 Å². The summed E-state index contributed by atoms with van der Waals surface area (Å²) >= 11 is 0. The fourth-order valence-electron chi connectivity index (χ4n) is 2.22. The van der Waals surface area contributed by atoms with E-state index in [1.54, 1.807) is 12.1 Å². The van der Waals surface area contributed by atoms with Crippen LogP contribution in [0.25, 0.3) is 22.2 Å². The number of para-hydroxylation sites is 1. The summed E-state index contributed by atoms with van der Waals surface area (Å²) in [6, 6.07) is 15.9. The molecule has 5 nitrogen and oxygen atoms in total. The molecular weight excluding hydrogens is 254 g/mol. The van der Waals surface area contributed by atoms with Crippen molar-refractivity contribution in [2.45, 2.75) is 0 Å². The second-order valence-electron chi connectivity index (χ2n) is 4.34. The van der Waals surface area contributed by atoms with Crippen molar-refractivity contribution >= 4 is 16.6 Å². The number of hydrogen-bond donors (Lipinski definition) is 1. The Morgan fingerprint density at radius 3 is 2.45 bits per heavy atom. The molecule has 1 N–H and O–H groups in total. The summed E-state index contributed by atoms with van der Waals surface area (Å²) in [6.45, 7) is 0. The fourth-order valence-corrected chi connectivity index (χ4v) is 2.22. The maximum atomic E-state index is 10.7. The Morgan fingerprint density at radius 2 is 1.80 bits per heavy atom. The molecule has 0 aliphatic rings. The third-order valence-corrected chi connectivity index (χ3v) is 3.18. The van der Waals surface area contributed by atoms with Crippen molar-refractivity contribution in [2.24, 2.45) is 0 Å². The minimum Gasteiger partial charge on any atom is -0.353 e. The van der Waals surface area contributed by atoms with Crippen LogP contribution < -0.4 is 0 Å². The average molecular weight is 263 g/mol. The molecule has 1 aromatic heterocycles. The SMILES string of the molecule is N#Cc1c(-c2ccc([N+](=O)[O-])cc2)[nH]c2ccccc12. The van der Waals surface area contributed by atoms with E-state index in [-0.39, 0.29) is 5.69 Å². The number of nitrogens with one attached hydrogen (secondary N) is 1. The monoisotopic (exact) mass is 263 g/mol. The standard InChI is InChI=1S/C15H9N3O2/c16-9-13-12-3-1-2-4-14(12)17-15(13)10-5-7-11(8-6-10)18(19)20/h1-8,17H. The van der Waals surface area contributed by atoms with Crippen molar-refractivity contribution in [1.29, 1.82) is 5.26 Å². The number of aromatic nitrogens is 1. The molecule has 2 aromatic carbocycles. The second-order valence-corrected chi connectivity index (χ2v) is 4.34. The lowest BCUT2D eigenvalue weighted by molar-refractivity contribution is -0.384. The summed E-state index contributed by atoms with van der Waals surface area (Å²) < 4.78 is 0. The summed E-state index contributed by atoms with van der Waals surface area (Å²) in [5.41, 5.74) is 2.89. The van der Waals surface area contributed by atoms with Crippen LogP contribution in [0.15, 0.2) is 48.5 Å². The van der Waals surface area contributed by atoms with Crippen molar-refractivity contribution in [2.75, 3.05) is 0 Å². The number of aromatic amines is 1. The van der Waals surface area contributed by atoms with E-state index < -0.39 is 4.92 Å². The van der Waals surface area contributed by atoms with Gasteiger partial charge in [0.25, 0.3) is 5.69 Å². The normalized spacial score (nSPS) is 10.3. The first kappa shape index (κ1) is 11.9. The van der Waals surface area contributed by atoms with E-state index in [1.165, 1.54) is 12.1 Å². The van der Waals surface area contributed by atoms with Gasteiger partial charge in [0.15, 0.2) is 0 Å². The number of non-ortho nitro benzene ring substituents is 1. The summed E-state index contributed by atoms with van der Waals surface area (Å²) in [7, 11) is 0. The molecule has 0 aliphatic heterocycles. The topological polar surface area (TPSA) is 82.7 Å². The maximum Gasteiger partial charge on any atom is 0.269 e. The van der Waals surface area contributed by atoms with Crippen molar-refractivity contribution in [3.05, 3.63) is 64.2 Å². The minimum absolute atomic E-state index is 0.0309. The van der Waals surface area contributed by atoms with E-state index in [1.807, 2.05) is 24.3 Å². The summed E-state index contributed by atoms with van der Waals surface area (Å²) in [5, 5.41) is 20.8. The number of fused-ring (bicyclic) bond motifs is 1. The Morgan fingerprint density at radius 1 is 1.10 bits per heavy atom. The van der Waals surface area contributed by atoms with E-state index in [0.717, 1.165) is 16.5 Å². The van der Waals surface area contributed by atoms with Crippen molar-refractivity contribution in [3.63, 3.8) is 0 Å². The van der Waals surface area contributed by atoms with Crippen LogP contribution in [0.2, 0.25) is 0 Å². The lowest BCUT2D eigenvalue weighted by atomic mass is 10.1. The van der Waals surface area contributed by atoms with Crippen LogP contribution in [0.4, 0.5) is 5.69 Å². The van der Waals surface area contributed by atoms with Gasteiger partial charge in [-0.2, -0.15) is 5.26 Å². The van der Waals surface area contributed by atoms with Gasteiger partial charge in [-0.05, 0) is 23.8 Å². The molecule has 96 valence electrons. The van der Waals surface area contributed by atoms with Crippen LogP contribution >= 0.6 is 0 Å². The predicted octanol–water partition coefficient (Wildman–Crippen LogP) is 3.61. The highest BCUT2D eigenvalue weighted by atomic mass is 16.6.